The number of para-hydroxylation sites is 2. The Kier molecular flexibility index (Phi) is 12.5. The molecule has 0 unspecified atom stereocenters. The fourth-order valence-electron chi connectivity index (χ4n) is 13.9. The summed E-state index contributed by atoms with van der Waals surface area (Å²) in [6.07, 6.45) is 0. The van der Waals surface area contributed by atoms with Gasteiger partial charge in [-0.25, -0.2) is 0 Å². The molecule has 0 atom stereocenters. The van der Waals surface area contributed by atoms with Crippen LogP contribution in [0, 0.1) is 34.6 Å². The van der Waals surface area contributed by atoms with E-state index in [4.69, 9.17) is 0 Å². The number of hydrogen-bond acceptors (Lipinski definition) is 3. The molecule has 410 valence electrons. The molecule has 12 aromatic rings. The summed E-state index contributed by atoms with van der Waals surface area (Å²) in [7, 11) is 0. The number of benzene rings is 11. The Bertz CT molecular complexity index is 4510. The summed E-state index contributed by atoms with van der Waals surface area (Å²) in [5.41, 5.74) is 31.5. The summed E-state index contributed by atoms with van der Waals surface area (Å²) in [4.78, 5) is 7.77. The highest BCUT2D eigenvalue weighted by Crippen LogP contribution is 2.51. The van der Waals surface area contributed by atoms with Crippen molar-refractivity contribution < 1.29 is 0 Å². The molecule has 0 radical (unpaired) electrons. The molecule has 11 aromatic carbocycles. The van der Waals surface area contributed by atoms with E-state index in [9.17, 15) is 0 Å². The van der Waals surface area contributed by atoms with E-state index in [2.05, 4.69) is 326 Å². The van der Waals surface area contributed by atoms with Crippen molar-refractivity contribution in [3.63, 3.8) is 0 Å². The van der Waals surface area contributed by atoms with Crippen LogP contribution in [0.1, 0.15) is 80.5 Å². The van der Waals surface area contributed by atoms with Crippen LogP contribution in [0.25, 0.3) is 49.7 Å². The average Bonchev–Trinajstić information content (AvgIpc) is 1.11. The van der Waals surface area contributed by atoms with Gasteiger partial charge in [0.2, 0.25) is 0 Å². The van der Waals surface area contributed by atoms with Crippen molar-refractivity contribution in [1.29, 1.82) is 0 Å². The normalized spacial score (nSPS) is 12.9. The van der Waals surface area contributed by atoms with E-state index in [-0.39, 0.29) is 17.5 Å². The second-order valence-corrected chi connectivity index (χ2v) is 25.8. The molecule has 84 heavy (non-hydrogen) atoms. The summed E-state index contributed by atoms with van der Waals surface area (Å²) < 4.78 is 2.43. The smallest absolute Gasteiger partial charge is 0.252 e. The van der Waals surface area contributed by atoms with Gasteiger partial charge in [-0.2, -0.15) is 0 Å². The van der Waals surface area contributed by atoms with Crippen molar-refractivity contribution in [3.05, 3.63) is 269 Å². The minimum atomic E-state index is -0.0792. The van der Waals surface area contributed by atoms with Crippen molar-refractivity contribution in [2.24, 2.45) is 0 Å². The zero-order chi connectivity index (χ0) is 57.9. The second-order valence-electron chi connectivity index (χ2n) is 25.8. The average molecular weight is 1090 g/mol. The quantitative estimate of drug-likeness (QED) is 0.141. The number of fused-ring (bicyclic) bond motifs is 7. The summed E-state index contributed by atoms with van der Waals surface area (Å²) in [5, 5.41) is 2.46. The summed E-state index contributed by atoms with van der Waals surface area (Å²) >= 11 is 0. The van der Waals surface area contributed by atoms with E-state index in [1.54, 1.807) is 0 Å². The number of rotatable bonds is 8. The maximum atomic E-state index is 2.64. The van der Waals surface area contributed by atoms with E-state index >= 15 is 0 Å². The molecule has 0 amide bonds. The van der Waals surface area contributed by atoms with Crippen molar-refractivity contribution >= 4 is 96.1 Å². The maximum absolute atomic E-state index is 2.64. The number of anilines is 9. The highest BCUT2D eigenvalue weighted by Gasteiger charge is 2.45. The van der Waals surface area contributed by atoms with Crippen LogP contribution in [-0.2, 0) is 10.8 Å². The Morgan fingerprint density at radius 1 is 0.345 bits per heavy atom. The lowest BCUT2D eigenvalue weighted by atomic mass is 9.33. The summed E-state index contributed by atoms with van der Waals surface area (Å²) in [6, 6.07) is 86.9. The number of hydrogen-bond donors (Lipinski definition) is 0. The minimum Gasteiger partial charge on any atom is -0.311 e. The molecule has 2 aliphatic heterocycles. The molecule has 0 saturated heterocycles. The molecule has 0 saturated carbocycles. The van der Waals surface area contributed by atoms with Crippen molar-refractivity contribution in [1.82, 2.24) is 4.57 Å². The van der Waals surface area contributed by atoms with E-state index in [0.717, 1.165) is 28.3 Å². The highest BCUT2D eigenvalue weighted by atomic mass is 15.2. The van der Waals surface area contributed by atoms with E-state index < -0.39 is 0 Å². The van der Waals surface area contributed by atoms with Gasteiger partial charge in [-0.15, -0.1) is 0 Å². The van der Waals surface area contributed by atoms with Crippen LogP contribution in [0.5, 0.6) is 0 Å². The molecule has 1 aromatic heterocycles. The van der Waals surface area contributed by atoms with Crippen LogP contribution in [0.4, 0.5) is 51.2 Å². The zero-order valence-electron chi connectivity index (χ0n) is 50.3. The van der Waals surface area contributed by atoms with Crippen LogP contribution in [0.3, 0.4) is 0 Å². The Balaban J connectivity index is 1.05. The first kappa shape index (κ1) is 52.7. The number of nitrogens with zero attached hydrogens (tertiary/aromatic N) is 4. The van der Waals surface area contributed by atoms with Gasteiger partial charge < -0.3 is 19.3 Å². The first-order chi connectivity index (χ1) is 40.5. The lowest BCUT2D eigenvalue weighted by Crippen LogP contribution is -2.61. The lowest BCUT2D eigenvalue weighted by Gasteiger charge is -2.46. The maximum Gasteiger partial charge on any atom is 0.252 e. The van der Waals surface area contributed by atoms with Crippen molar-refractivity contribution in [3.8, 4) is 27.9 Å². The Hall–Kier alpha value is -9.32. The monoisotopic (exact) mass is 1090 g/mol. The summed E-state index contributed by atoms with van der Waals surface area (Å²) in [5.74, 6) is 0. The Morgan fingerprint density at radius 2 is 0.786 bits per heavy atom. The molecule has 2 aliphatic rings. The predicted octanol–water partition coefficient (Wildman–Crippen LogP) is 19.8. The largest absolute Gasteiger partial charge is 0.311 e. The van der Waals surface area contributed by atoms with Gasteiger partial charge in [0.05, 0.1) is 22.4 Å². The Labute approximate surface area is 497 Å². The zero-order valence-corrected chi connectivity index (χ0v) is 50.3. The number of aryl methyl sites for hydroxylation is 5. The van der Waals surface area contributed by atoms with Crippen molar-refractivity contribution in [2.75, 3.05) is 14.7 Å². The molecule has 0 fully saturated rings. The third-order valence-corrected chi connectivity index (χ3v) is 17.9. The molecule has 3 heterocycles. The molecule has 0 aliphatic carbocycles. The van der Waals surface area contributed by atoms with Crippen molar-refractivity contribution in [2.45, 2.75) is 87.0 Å². The highest BCUT2D eigenvalue weighted by molar-refractivity contribution is 7.00. The van der Waals surface area contributed by atoms with Crippen LogP contribution in [-0.4, -0.2) is 11.3 Å². The molecule has 5 heteroatoms. The third-order valence-electron chi connectivity index (χ3n) is 17.9. The van der Waals surface area contributed by atoms with Crippen LogP contribution < -0.4 is 31.1 Å². The molecular formula is C79H71BN4. The Morgan fingerprint density at radius 3 is 1.33 bits per heavy atom. The topological polar surface area (TPSA) is 14.7 Å². The third kappa shape index (κ3) is 8.74. The first-order valence-corrected chi connectivity index (χ1v) is 29.9. The predicted molar refractivity (Wildman–Crippen MR) is 361 cm³/mol. The molecule has 0 bridgehead atoms. The van der Waals surface area contributed by atoms with Gasteiger partial charge in [0.25, 0.3) is 6.71 Å². The van der Waals surface area contributed by atoms with E-state index in [1.807, 2.05) is 0 Å². The van der Waals surface area contributed by atoms with E-state index in [0.29, 0.717) is 0 Å². The molecule has 14 rings (SSSR count). The van der Waals surface area contributed by atoms with Gasteiger partial charge in [0.15, 0.2) is 0 Å². The van der Waals surface area contributed by atoms with Crippen LogP contribution in [0.2, 0.25) is 0 Å². The fraction of sp³-hybridized carbons (Fsp3) is 0.165. The van der Waals surface area contributed by atoms with E-state index in [1.165, 1.54) is 128 Å². The van der Waals surface area contributed by atoms with Gasteiger partial charge in [-0.05, 0) is 220 Å². The van der Waals surface area contributed by atoms with Crippen LogP contribution in [0.15, 0.2) is 231 Å². The summed E-state index contributed by atoms with van der Waals surface area (Å²) in [6.45, 7) is 25.4. The SMILES string of the molecule is Cc1cc2c3c(c1)N(c1c(C)cc(-c4ccccc4)cc1C)c1cc(C(C)(C)C)ccc1B3c1ccc(N(c3ccc(C(C)(C)C)cc3)c3ccc4c5ccccc5n(-c5ccccc5)c4c3)cc1N2c1c(C)cc(-c2ccccc2)cc1C. The van der Waals surface area contributed by atoms with Crippen LogP contribution >= 0.6 is 0 Å². The van der Waals surface area contributed by atoms with Gasteiger partial charge in [0.1, 0.15) is 0 Å². The minimum absolute atomic E-state index is 0.0100. The molecule has 4 nitrogen and oxygen atoms in total. The van der Waals surface area contributed by atoms with Gasteiger partial charge in [0, 0.05) is 56.3 Å². The standard InChI is InChI=1S/C79H71BN4/c1-50-41-73-75-74(42-50)84(77-53(4)45-58(46-54(77)5)56-25-17-13-18-26-56)72-49-64(37-40-68(72)80(75)67-39-33-60(79(9,10)11)47-71(67)83(73)76-51(2)43-57(44-52(76)3)55-23-15-12-16-24-55)81(62-34-31-59(32-35-62)78(6,7)8)63-36-38-66-65-29-21-22-30-69(65)82(70(66)48-63)61-27-19-14-20-28-61/h12-49H,1-11H3. The lowest BCUT2D eigenvalue weighted by molar-refractivity contribution is 0.590. The molecule has 0 N–H and O–H groups in total. The molecule has 0 spiro atoms. The van der Waals surface area contributed by atoms with Gasteiger partial charge in [-0.3, -0.25) is 0 Å². The number of aromatic nitrogens is 1. The second kappa shape index (κ2) is 20.0. The molecular weight excluding hydrogens is 1020 g/mol. The van der Waals surface area contributed by atoms with Gasteiger partial charge in [-0.1, -0.05) is 175 Å². The van der Waals surface area contributed by atoms with Gasteiger partial charge >= 0.3 is 0 Å². The first-order valence-electron chi connectivity index (χ1n) is 29.9. The fourth-order valence-corrected chi connectivity index (χ4v) is 13.9.